The van der Waals surface area contributed by atoms with Crippen LogP contribution in [0, 0.1) is 0 Å². The number of oxazole rings is 1. The highest BCUT2D eigenvalue weighted by Gasteiger charge is 2.04. The van der Waals surface area contributed by atoms with Gasteiger partial charge in [0.05, 0.1) is 0 Å². The molecule has 0 radical (unpaired) electrons. The van der Waals surface area contributed by atoms with Crippen LogP contribution >= 0.6 is 0 Å². The predicted molar refractivity (Wildman–Crippen MR) is 58.6 cm³/mol. The van der Waals surface area contributed by atoms with E-state index in [0.717, 1.165) is 5.52 Å². The molecule has 2 rings (SSSR count). The molecular formula is C10H13N3O2. The van der Waals surface area contributed by atoms with E-state index >= 15 is 0 Å². The molecule has 15 heavy (non-hydrogen) atoms. The van der Waals surface area contributed by atoms with E-state index in [1.54, 1.807) is 12.1 Å². The number of fused-ring (bicyclic) bond motifs is 1. The fourth-order valence-corrected chi connectivity index (χ4v) is 1.29. The Bertz CT molecular complexity index is 453. The molecule has 0 saturated carbocycles. The van der Waals surface area contributed by atoms with E-state index in [4.69, 9.17) is 15.3 Å². The van der Waals surface area contributed by atoms with E-state index < -0.39 is 0 Å². The third-order valence-corrected chi connectivity index (χ3v) is 2.02. The van der Waals surface area contributed by atoms with Gasteiger partial charge in [-0.15, -0.1) is 0 Å². The lowest BCUT2D eigenvalue weighted by molar-refractivity contribution is 0.292. The Kier molecular flexibility index (Phi) is 2.73. The molecule has 0 unspecified atom stereocenters. The van der Waals surface area contributed by atoms with Crippen LogP contribution in [-0.2, 0) is 0 Å². The molecule has 0 bridgehead atoms. The number of rotatable bonds is 4. The number of anilines is 2. The lowest BCUT2D eigenvalue weighted by atomic mass is 10.3. The van der Waals surface area contributed by atoms with Crippen LogP contribution in [0.5, 0.6) is 0 Å². The normalized spacial score (nSPS) is 10.7. The molecule has 0 atom stereocenters. The van der Waals surface area contributed by atoms with Gasteiger partial charge in [0, 0.05) is 24.9 Å². The Morgan fingerprint density at radius 1 is 1.47 bits per heavy atom. The first-order chi connectivity index (χ1) is 7.29. The summed E-state index contributed by atoms with van der Waals surface area (Å²) in [7, 11) is 0. The third kappa shape index (κ3) is 2.19. The van der Waals surface area contributed by atoms with Crippen molar-refractivity contribution in [3.63, 3.8) is 0 Å². The zero-order valence-electron chi connectivity index (χ0n) is 8.23. The Labute approximate surface area is 86.9 Å². The topological polar surface area (TPSA) is 84.3 Å². The fraction of sp³-hybridized carbons (Fsp3) is 0.300. The quantitative estimate of drug-likeness (QED) is 0.518. The standard InChI is InChI=1S/C10H13N3O2/c11-7-2-3-8-9(6-7)15-10(13-8)12-4-1-5-14/h2-3,6,14H,1,4-5,11H2,(H,12,13). The number of aliphatic hydroxyl groups excluding tert-OH is 1. The molecule has 0 fully saturated rings. The summed E-state index contributed by atoms with van der Waals surface area (Å²) in [6.07, 6.45) is 0.668. The van der Waals surface area contributed by atoms with Crippen molar-refractivity contribution in [1.29, 1.82) is 0 Å². The molecule has 0 aliphatic rings. The minimum atomic E-state index is 0.153. The SMILES string of the molecule is Nc1ccc2nc(NCCCO)oc2c1. The van der Waals surface area contributed by atoms with E-state index in [9.17, 15) is 0 Å². The van der Waals surface area contributed by atoms with E-state index in [-0.39, 0.29) is 6.61 Å². The summed E-state index contributed by atoms with van der Waals surface area (Å²) in [5.74, 6) is 0. The van der Waals surface area contributed by atoms with Gasteiger partial charge in [0.1, 0.15) is 5.52 Å². The average molecular weight is 207 g/mol. The number of nitrogens with one attached hydrogen (secondary N) is 1. The molecule has 2 aromatic rings. The molecule has 0 aliphatic carbocycles. The second-order valence-electron chi connectivity index (χ2n) is 3.25. The molecule has 0 aliphatic heterocycles. The van der Waals surface area contributed by atoms with E-state index in [0.29, 0.717) is 30.3 Å². The third-order valence-electron chi connectivity index (χ3n) is 2.02. The molecule has 0 spiro atoms. The summed E-state index contributed by atoms with van der Waals surface area (Å²) in [5, 5.41) is 11.6. The molecule has 1 heterocycles. The number of hydrogen-bond acceptors (Lipinski definition) is 5. The summed E-state index contributed by atoms with van der Waals surface area (Å²) in [6, 6.07) is 5.79. The number of nitrogens with zero attached hydrogens (tertiary/aromatic N) is 1. The molecule has 4 N–H and O–H groups in total. The summed E-state index contributed by atoms with van der Waals surface area (Å²) >= 11 is 0. The van der Waals surface area contributed by atoms with Crippen molar-refractivity contribution < 1.29 is 9.52 Å². The van der Waals surface area contributed by atoms with E-state index in [1.807, 2.05) is 6.07 Å². The fourth-order valence-electron chi connectivity index (χ4n) is 1.29. The Hall–Kier alpha value is -1.75. The first kappa shape index (κ1) is 9.79. The zero-order chi connectivity index (χ0) is 10.7. The number of aliphatic hydroxyl groups is 1. The molecule has 5 heteroatoms. The molecular weight excluding hydrogens is 194 g/mol. The maximum Gasteiger partial charge on any atom is 0.295 e. The van der Waals surface area contributed by atoms with Crippen LogP contribution in [0.3, 0.4) is 0 Å². The average Bonchev–Trinajstić information content (AvgIpc) is 2.60. The zero-order valence-corrected chi connectivity index (χ0v) is 8.23. The second-order valence-corrected chi connectivity index (χ2v) is 3.25. The van der Waals surface area contributed by atoms with Gasteiger partial charge >= 0.3 is 0 Å². The van der Waals surface area contributed by atoms with Crippen molar-refractivity contribution in [2.24, 2.45) is 0 Å². The maximum absolute atomic E-state index is 8.61. The lowest BCUT2D eigenvalue weighted by Gasteiger charge is -1.97. The number of nitrogen functional groups attached to an aromatic ring is 1. The van der Waals surface area contributed by atoms with Crippen molar-refractivity contribution in [2.45, 2.75) is 6.42 Å². The Morgan fingerprint density at radius 3 is 3.13 bits per heavy atom. The molecule has 80 valence electrons. The number of benzene rings is 1. The number of hydrogen-bond donors (Lipinski definition) is 3. The van der Waals surface area contributed by atoms with Crippen molar-refractivity contribution in [2.75, 3.05) is 24.2 Å². The molecule has 1 aromatic carbocycles. The van der Waals surface area contributed by atoms with Gasteiger partial charge in [0.15, 0.2) is 5.58 Å². The van der Waals surface area contributed by atoms with E-state index in [2.05, 4.69) is 10.3 Å². The summed E-state index contributed by atoms with van der Waals surface area (Å²) in [6.45, 7) is 0.791. The van der Waals surface area contributed by atoms with Gasteiger partial charge in [-0.05, 0) is 18.6 Å². The van der Waals surface area contributed by atoms with Crippen molar-refractivity contribution in [3.05, 3.63) is 18.2 Å². The van der Waals surface area contributed by atoms with Gasteiger partial charge in [0.25, 0.3) is 6.01 Å². The highest BCUT2D eigenvalue weighted by molar-refractivity contribution is 5.77. The Morgan fingerprint density at radius 2 is 2.33 bits per heavy atom. The van der Waals surface area contributed by atoms with Crippen LogP contribution in [0.15, 0.2) is 22.6 Å². The van der Waals surface area contributed by atoms with Crippen LogP contribution in [0.4, 0.5) is 11.7 Å². The summed E-state index contributed by atoms with van der Waals surface area (Å²) in [4.78, 5) is 4.21. The van der Waals surface area contributed by atoms with Crippen LogP contribution in [0.25, 0.3) is 11.1 Å². The lowest BCUT2D eigenvalue weighted by Crippen LogP contribution is -2.03. The van der Waals surface area contributed by atoms with Gasteiger partial charge in [-0.1, -0.05) is 0 Å². The maximum atomic E-state index is 8.61. The molecule has 1 aromatic heterocycles. The highest BCUT2D eigenvalue weighted by atomic mass is 16.4. The van der Waals surface area contributed by atoms with Gasteiger partial charge in [-0.25, -0.2) is 0 Å². The first-order valence-electron chi connectivity index (χ1n) is 4.80. The van der Waals surface area contributed by atoms with Crippen LogP contribution < -0.4 is 11.1 Å². The largest absolute Gasteiger partial charge is 0.423 e. The van der Waals surface area contributed by atoms with Crippen LogP contribution in [-0.4, -0.2) is 23.2 Å². The number of aromatic nitrogens is 1. The van der Waals surface area contributed by atoms with Gasteiger partial charge < -0.3 is 20.6 Å². The van der Waals surface area contributed by atoms with Gasteiger partial charge in [-0.2, -0.15) is 4.98 Å². The number of nitrogens with two attached hydrogens (primary N) is 1. The predicted octanol–water partition coefficient (Wildman–Crippen LogP) is 1.20. The molecule has 5 nitrogen and oxygen atoms in total. The van der Waals surface area contributed by atoms with Crippen LogP contribution in [0.2, 0.25) is 0 Å². The van der Waals surface area contributed by atoms with Crippen molar-refractivity contribution in [3.8, 4) is 0 Å². The first-order valence-corrected chi connectivity index (χ1v) is 4.80. The van der Waals surface area contributed by atoms with Gasteiger partial charge in [-0.3, -0.25) is 0 Å². The summed E-state index contributed by atoms with van der Waals surface area (Å²) in [5.41, 5.74) is 7.71. The monoisotopic (exact) mass is 207 g/mol. The minimum absolute atomic E-state index is 0.153. The molecule has 0 amide bonds. The Balaban J connectivity index is 2.16. The second kappa shape index (κ2) is 4.18. The highest BCUT2D eigenvalue weighted by Crippen LogP contribution is 2.20. The van der Waals surface area contributed by atoms with E-state index in [1.165, 1.54) is 0 Å². The van der Waals surface area contributed by atoms with Crippen molar-refractivity contribution >= 4 is 22.8 Å². The minimum Gasteiger partial charge on any atom is -0.423 e. The van der Waals surface area contributed by atoms with Crippen molar-refractivity contribution in [1.82, 2.24) is 4.98 Å². The smallest absolute Gasteiger partial charge is 0.295 e. The van der Waals surface area contributed by atoms with Crippen LogP contribution in [0.1, 0.15) is 6.42 Å². The van der Waals surface area contributed by atoms with Gasteiger partial charge in [0.2, 0.25) is 0 Å². The summed E-state index contributed by atoms with van der Waals surface area (Å²) < 4.78 is 5.41. The molecule has 0 saturated heterocycles.